The molecule has 0 bridgehead atoms. The van der Waals surface area contributed by atoms with Crippen LogP contribution in [-0.4, -0.2) is 18.0 Å². The molecule has 102 valence electrons. The van der Waals surface area contributed by atoms with Crippen LogP contribution < -0.4 is 0 Å². The summed E-state index contributed by atoms with van der Waals surface area (Å²) >= 11 is 0. The zero-order valence-corrected chi connectivity index (χ0v) is 12.6. The molecular formula is C17H29N. The number of nitrogens with zero attached hydrogens (tertiary/aromatic N) is 1. The number of benzene rings is 1. The second-order valence-corrected chi connectivity index (χ2v) is 5.08. The summed E-state index contributed by atoms with van der Waals surface area (Å²) in [6.07, 6.45) is 4.91. The monoisotopic (exact) mass is 247 g/mol. The van der Waals surface area contributed by atoms with E-state index in [0.717, 1.165) is 6.54 Å². The van der Waals surface area contributed by atoms with Crippen LogP contribution in [-0.2, 0) is 5.54 Å². The van der Waals surface area contributed by atoms with Gasteiger partial charge in [0.25, 0.3) is 0 Å². The maximum absolute atomic E-state index is 2.67. The molecule has 0 aliphatic heterocycles. The Morgan fingerprint density at radius 2 is 1.61 bits per heavy atom. The largest absolute Gasteiger partial charge is 0.294 e. The van der Waals surface area contributed by atoms with Crippen LogP contribution in [0.4, 0.5) is 0 Å². The van der Waals surface area contributed by atoms with Crippen LogP contribution in [0.2, 0.25) is 0 Å². The molecule has 0 fully saturated rings. The van der Waals surface area contributed by atoms with Crippen molar-refractivity contribution in [3.8, 4) is 0 Å². The van der Waals surface area contributed by atoms with E-state index < -0.39 is 0 Å². The molecule has 1 unspecified atom stereocenters. The molecule has 1 heteroatoms. The van der Waals surface area contributed by atoms with E-state index in [4.69, 9.17) is 0 Å². The smallest absolute Gasteiger partial charge is 0.0457 e. The van der Waals surface area contributed by atoms with Crippen LogP contribution in [0.1, 0.15) is 58.9 Å². The summed E-state index contributed by atoms with van der Waals surface area (Å²) in [5.41, 5.74) is 1.73. The van der Waals surface area contributed by atoms with Crippen LogP contribution in [0.3, 0.4) is 0 Å². The average Bonchev–Trinajstić information content (AvgIpc) is 2.43. The fraction of sp³-hybridized carbons (Fsp3) is 0.647. The summed E-state index contributed by atoms with van der Waals surface area (Å²) in [5.74, 6) is 0. The van der Waals surface area contributed by atoms with Crippen molar-refractivity contribution < 1.29 is 0 Å². The summed E-state index contributed by atoms with van der Waals surface area (Å²) in [7, 11) is 0. The van der Waals surface area contributed by atoms with Crippen molar-refractivity contribution in [1.29, 1.82) is 0 Å². The third kappa shape index (κ3) is 3.14. The van der Waals surface area contributed by atoms with Gasteiger partial charge >= 0.3 is 0 Å². The van der Waals surface area contributed by atoms with Crippen molar-refractivity contribution in [3.05, 3.63) is 35.9 Å². The van der Waals surface area contributed by atoms with E-state index in [0.29, 0.717) is 0 Å². The first-order valence-electron chi connectivity index (χ1n) is 7.55. The van der Waals surface area contributed by atoms with Crippen molar-refractivity contribution in [2.45, 2.75) is 58.9 Å². The van der Waals surface area contributed by atoms with E-state index >= 15 is 0 Å². The van der Waals surface area contributed by atoms with Crippen molar-refractivity contribution in [2.75, 3.05) is 13.1 Å². The molecule has 1 aromatic carbocycles. The fourth-order valence-corrected chi connectivity index (χ4v) is 3.20. The molecule has 0 saturated carbocycles. The van der Waals surface area contributed by atoms with Gasteiger partial charge in [-0.1, -0.05) is 64.4 Å². The molecule has 1 rings (SSSR count). The first kappa shape index (κ1) is 15.2. The van der Waals surface area contributed by atoms with Crippen molar-refractivity contribution in [2.24, 2.45) is 0 Å². The topological polar surface area (TPSA) is 3.24 Å². The highest BCUT2D eigenvalue weighted by Crippen LogP contribution is 2.36. The summed E-state index contributed by atoms with van der Waals surface area (Å²) < 4.78 is 0. The van der Waals surface area contributed by atoms with Gasteiger partial charge in [0.15, 0.2) is 0 Å². The van der Waals surface area contributed by atoms with Gasteiger partial charge in [-0.25, -0.2) is 0 Å². The number of hydrogen-bond acceptors (Lipinski definition) is 1. The summed E-state index contributed by atoms with van der Waals surface area (Å²) in [4.78, 5) is 2.67. The fourth-order valence-electron chi connectivity index (χ4n) is 3.20. The van der Waals surface area contributed by atoms with Crippen molar-refractivity contribution in [1.82, 2.24) is 4.90 Å². The van der Waals surface area contributed by atoms with Gasteiger partial charge in [-0.3, -0.25) is 4.90 Å². The molecule has 1 aromatic rings. The molecule has 0 aliphatic rings. The number of hydrogen-bond donors (Lipinski definition) is 0. The Hall–Kier alpha value is -0.820. The lowest BCUT2D eigenvalue weighted by Crippen LogP contribution is -2.46. The van der Waals surface area contributed by atoms with Gasteiger partial charge in [0, 0.05) is 5.54 Å². The van der Waals surface area contributed by atoms with E-state index in [1.54, 1.807) is 0 Å². The lowest BCUT2D eigenvalue weighted by atomic mass is 9.81. The molecule has 0 aromatic heterocycles. The minimum atomic E-state index is 0.237. The molecule has 0 aliphatic carbocycles. The Morgan fingerprint density at radius 3 is 2.06 bits per heavy atom. The van der Waals surface area contributed by atoms with Crippen LogP contribution >= 0.6 is 0 Å². The predicted octanol–water partition coefficient (Wildman–Crippen LogP) is 4.82. The molecule has 0 heterocycles. The van der Waals surface area contributed by atoms with Gasteiger partial charge < -0.3 is 0 Å². The molecule has 0 N–H and O–H groups in total. The van der Waals surface area contributed by atoms with E-state index in [1.165, 1.54) is 37.8 Å². The Kier molecular flexibility index (Phi) is 6.42. The lowest BCUT2D eigenvalue weighted by Gasteiger charge is -2.44. The SMILES string of the molecule is CCCN(CC)C(CC)(CCC)c1ccccc1. The van der Waals surface area contributed by atoms with Gasteiger partial charge in [0.05, 0.1) is 0 Å². The quantitative estimate of drug-likeness (QED) is 0.636. The minimum absolute atomic E-state index is 0.237. The summed E-state index contributed by atoms with van der Waals surface area (Å²) in [5, 5.41) is 0. The first-order valence-corrected chi connectivity index (χ1v) is 7.55. The highest BCUT2D eigenvalue weighted by atomic mass is 15.2. The third-order valence-corrected chi connectivity index (χ3v) is 4.04. The highest BCUT2D eigenvalue weighted by Gasteiger charge is 2.34. The Bertz CT molecular complexity index is 320. The van der Waals surface area contributed by atoms with Crippen LogP contribution in [0.25, 0.3) is 0 Å². The highest BCUT2D eigenvalue weighted by molar-refractivity contribution is 5.24. The zero-order chi connectivity index (χ0) is 13.4. The van der Waals surface area contributed by atoms with E-state index in [2.05, 4.69) is 62.9 Å². The van der Waals surface area contributed by atoms with Gasteiger partial charge in [0.2, 0.25) is 0 Å². The second-order valence-electron chi connectivity index (χ2n) is 5.08. The molecule has 18 heavy (non-hydrogen) atoms. The molecule has 0 spiro atoms. The molecule has 1 atom stereocenters. The Labute approximate surface area is 113 Å². The van der Waals surface area contributed by atoms with E-state index in [9.17, 15) is 0 Å². The number of rotatable bonds is 8. The van der Waals surface area contributed by atoms with Gasteiger partial charge in [-0.15, -0.1) is 0 Å². The second kappa shape index (κ2) is 7.58. The van der Waals surface area contributed by atoms with Crippen molar-refractivity contribution >= 4 is 0 Å². The predicted molar refractivity (Wildman–Crippen MR) is 80.9 cm³/mol. The summed E-state index contributed by atoms with van der Waals surface area (Å²) in [6.45, 7) is 11.5. The van der Waals surface area contributed by atoms with Crippen LogP contribution in [0.15, 0.2) is 30.3 Å². The lowest BCUT2D eigenvalue weighted by molar-refractivity contribution is 0.0755. The van der Waals surface area contributed by atoms with Gasteiger partial charge in [0.1, 0.15) is 0 Å². The zero-order valence-electron chi connectivity index (χ0n) is 12.6. The van der Waals surface area contributed by atoms with E-state index in [-0.39, 0.29) is 5.54 Å². The minimum Gasteiger partial charge on any atom is -0.294 e. The van der Waals surface area contributed by atoms with E-state index in [1.807, 2.05) is 0 Å². The van der Waals surface area contributed by atoms with Crippen LogP contribution in [0, 0.1) is 0 Å². The van der Waals surface area contributed by atoms with Crippen molar-refractivity contribution in [3.63, 3.8) is 0 Å². The standard InChI is InChI=1S/C17H29N/c1-5-14-17(7-3,18(8-4)15-6-2)16-12-10-9-11-13-16/h9-13H,5-8,14-15H2,1-4H3. The Morgan fingerprint density at radius 1 is 0.944 bits per heavy atom. The molecule has 0 radical (unpaired) electrons. The molecule has 1 nitrogen and oxygen atoms in total. The first-order chi connectivity index (χ1) is 8.75. The van der Waals surface area contributed by atoms with Gasteiger partial charge in [-0.2, -0.15) is 0 Å². The molecular weight excluding hydrogens is 218 g/mol. The van der Waals surface area contributed by atoms with Crippen LogP contribution in [0.5, 0.6) is 0 Å². The Balaban J connectivity index is 3.14. The third-order valence-electron chi connectivity index (χ3n) is 4.04. The average molecular weight is 247 g/mol. The summed E-state index contributed by atoms with van der Waals surface area (Å²) in [6, 6.07) is 11.1. The maximum Gasteiger partial charge on any atom is 0.0457 e. The van der Waals surface area contributed by atoms with Gasteiger partial charge in [-0.05, 0) is 37.9 Å². The normalized spacial score (nSPS) is 14.7. The maximum atomic E-state index is 2.67. The molecule has 0 amide bonds. The molecule has 0 saturated heterocycles.